The Balaban J connectivity index is 2.61. The standard InChI is InChI=1S/C16H29N3/c1-5-7-16(12-18-14(3)4)19(6-2)13-15-8-10-17-11-9-15/h8-11,14,16,18H,5-7,12-13H2,1-4H3. The topological polar surface area (TPSA) is 28.2 Å². The number of hydrogen-bond acceptors (Lipinski definition) is 3. The maximum Gasteiger partial charge on any atom is 0.0271 e. The van der Waals surface area contributed by atoms with E-state index in [-0.39, 0.29) is 0 Å². The Morgan fingerprint density at radius 2 is 1.89 bits per heavy atom. The normalized spacial score (nSPS) is 13.2. The maximum atomic E-state index is 4.09. The summed E-state index contributed by atoms with van der Waals surface area (Å²) in [7, 11) is 0. The van der Waals surface area contributed by atoms with Crippen LogP contribution in [-0.2, 0) is 6.54 Å². The molecule has 3 heteroatoms. The molecule has 1 rings (SSSR count). The summed E-state index contributed by atoms with van der Waals surface area (Å²) >= 11 is 0. The Morgan fingerprint density at radius 3 is 2.42 bits per heavy atom. The van der Waals surface area contributed by atoms with Gasteiger partial charge in [0.15, 0.2) is 0 Å². The molecule has 1 atom stereocenters. The summed E-state index contributed by atoms with van der Waals surface area (Å²) in [6.45, 7) is 12.1. The third kappa shape index (κ3) is 6.17. The van der Waals surface area contributed by atoms with Crippen LogP contribution in [0.5, 0.6) is 0 Å². The van der Waals surface area contributed by atoms with E-state index in [1.165, 1.54) is 18.4 Å². The van der Waals surface area contributed by atoms with Crippen LogP contribution in [0.4, 0.5) is 0 Å². The highest BCUT2D eigenvalue weighted by molar-refractivity contribution is 5.09. The van der Waals surface area contributed by atoms with E-state index in [0.29, 0.717) is 12.1 Å². The quantitative estimate of drug-likeness (QED) is 0.742. The van der Waals surface area contributed by atoms with Gasteiger partial charge in [-0.05, 0) is 30.7 Å². The van der Waals surface area contributed by atoms with Crippen LogP contribution in [0, 0.1) is 0 Å². The van der Waals surface area contributed by atoms with Gasteiger partial charge in [0.1, 0.15) is 0 Å². The van der Waals surface area contributed by atoms with Gasteiger partial charge in [-0.15, -0.1) is 0 Å². The molecule has 0 aliphatic rings. The molecule has 0 aliphatic heterocycles. The Kier molecular flexibility index (Phi) is 7.68. The van der Waals surface area contributed by atoms with Gasteiger partial charge in [0.05, 0.1) is 0 Å². The van der Waals surface area contributed by atoms with Gasteiger partial charge in [-0.2, -0.15) is 0 Å². The highest BCUT2D eigenvalue weighted by Crippen LogP contribution is 2.11. The molecule has 1 heterocycles. The SMILES string of the molecule is CCCC(CNC(C)C)N(CC)Cc1ccncc1. The van der Waals surface area contributed by atoms with Crippen molar-refractivity contribution in [2.45, 2.75) is 59.2 Å². The van der Waals surface area contributed by atoms with Gasteiger partial charge in [-0.3, -0.25) is 9.88 Å². The molecule has 19 heavy (non-hydrogen) atoms. The van der Waals surface area contributed by atoms with Crippen LogP contribution in [0.25, 0.3) is 0 Å². The third-order valence-electron chi connectivity index (χ3n) is 3.44. The lowest BCUT2D eigenvalue weighted by molar-refractivity contribution is 0.179. The summed E-state index contributed by atoms with van der Waals surface area (Å²) in [6.07, 6.45) is 6.24. The van der Waals surface area contributed by atoms with Gasteiger partial charge in [-0.1, -0.05) is 34.1 Å². The average molecular weight is 263 g/mol. The molecule has 0 saturated carbocycles. The van der Waals surface area contributed by atoms with Gasteiger partial charge in [-0.25, -0.2) is 0 Å². The minimum absolute atomic E-state index is 0.555. The second-order valence-corrected chi connectivity index (χ2v) is 5.42. The van der Waals surface area contributed by atoms with E-state index in [1.807, 2.05) is 12.4 Å². The molecule has 0 saturated heterocycles. The highest BCUT2D eigenvalue weighted by atomic mass is 15.2. The van der Waals surface area contributed by atoms with E-state index < -0.39 is 0 Å². The summed E-state index contributed by atoms with van der Waals surface area (Å²) in [5.41, 5.74) is 1.35. The molecular weight excluding hydrogens is 234 g/mol. The Morgan fingerprint density at radius 1 is 1.21 bits per heavy atom. The lowest BCUT2D eigenvalue weighted by Crippen LogP contribution is -2.43. The van der Waals surface area contributed by atoms with E-state index in [0.717, 1.165) is 19.6 Å². The van der Waals surface area contributed by atoms with E-state index in [9.17, 15) is 0 Å². The molecule has 3 nitrogen and oxygen atoms in total. The lowest BCUT2D eigenvalue weighted by atomic mass is 10.1. The smallest absolute Gasteiger partial charge is 0.0271 e. The van der Waals surface area contributed by atoms with E-state index in [4.69, 9.17) is 0 Å². The zero-order valence-electron chi connectivity index (χ0n) is 12.9. The van der Waals surface area contributed by atoms with Crippen LogP contribution in [0.2, 0.25) is 0 Å². The number of aromatic nitrogens is 1. The van der Waals surface area contributed by atoms with Gasteiger partial charge >= 0.3 is 0 Å². The van der Waals surface area contributed by atoms with Crippen LogP contribution in [-0.4, -0.2) is 35.1 Å². The van der Waals surface area contributed by atoms with Crippen molar-refractivity contribution in [1.29, 1.82) is 0 Å². The van der Waals surface area contributed by atoms with Crippen LogP contribution < -0.4 is 5.32 Å². The van der Waals surface area contributed by atoms with Crippen molar-refractivity contribution in [1.82, 2.24) is 15.2 Å². The number of nitrogens with one attached hydrogen (secondary N) is 1. The largest absolute Gasteiger partial charge is 0.313 e. The van der Waals surface area contributed by atoms with Crippen molar-refractivity contribution in [3.8, 4) is 0 Å². The summed E-state index contributed by atoms with van der Waals surface area (Å²) in [6, 6.07) is 5.40. The molecule has 1 aromatic heterocycles. The van der Waals surface area contributed by atoms with Crippen LogP contribution in [0.1, 0.15) is 46.1 Å². The van der Waals surface area contributed by atoms with E-state index >= 15 is 0 Å². The molecule has 1 unspecified atom stereocenters. The van der Waals surface area contributed by atoms with Gasteiger partial charge < -0.3 is 5.32 Å². The fraction of sp³-hybridized carbons (Fsp3) is 0.688. The summed E-state index contributed by atoms with van der Waals surface area (Å²) in [5, 5.41) is 3.58. The fourth-order valence-electron chi connectivity index (χ4n) is 2.34. The first-order chi connectivity index (χ1) is 9.17. The van der Waals surface area contributed by atoms with E-state index in [2.05, 4.69) is 55.0 Å². The van der Waals surface area contributed by atoms with Gasteiger partial charge in [0.2, 0.25) is 0 Å². The molecule has 0 spiro atoms. The fourth-order valence-corrected chi connectivity index (χ4v) is 2.34. The molecule has 1 N–H and O–H groups in total. The average Bonchev–Trinajstić information content (AvgIpc) is 2.42. The number of pyridine rings is 1. The number of nitrogens with zero attached hydrogens (tertiary/aromatic N) is 2. The van der Waals surface area contributed by atoms with Gasteiger partial charge in [0.25, 0.3) is 0 Å². The van der Waals surface area contributed by atoms with E-state index in [1.54, 1.807) is 0 Å². The van der Waals surface area contributed by atoms with Crippen molar-refractivity contribution >= 4 is 0 Å². The second-order valence-electron chi connectivity index (χ2n) is 5.42. The molecule has 0 radical (unpaired) electrons. The van der Waals surface area contributed by atoms with Crippen molar-refractivity contribution in [3.05, 3.63) is 30.1 Å². The monoisotopic (exact) mass is 263 g/mol. The van der Waals surface area contributed by atoms with Crippen LogP contribution in [0.15, 0.2) is 24.5 Å². The Labute approximate surface area is 118 Å². The maximum absolute atomic E-state index is 4.09. The summed E-state index contributed by atoms with van der Waals surface area (Å²) < 4.78 is 0. The predicted octanol–water partition coefficient (Wildman–Crippen LogP) is 3.07. The van der Waals surface area contributed by atoms with Crippen molar-refractivity contribution in [2.24, 2.45) is 0 Å². The van der Waals surface area contributed by atoms with Crippen molar-refractivity contribution in [2.75, 3.05) is 13.1 Å². The minimum Gasteiger partial charge on any atom is -0.313 e. The molecule has 0 fully saturated rings. The van der Waals surface area contributed by atoms with Crippen LogP contribution in [0.3, 0.4) is 0 Å². The Hall–Kier alpha value is -0.930. The van der Waals surface area contributed by atoms with Crippen molar-refractivity contribution in [3.63, 3.8) is 0 Å². The molecular formula is C16H29N3. The van der Waals surface area contributed by atoms with Gasteiger partial charge in [0, 0.05) is 37.6 Å². The predicted molar refractivity (Wildman–Crippen MR) is 82.2 cm³/mol. The zero-order valence-corrected chi connectivity index (χ0v) is 12.9. The third-order valence-corrected chi connectivity index (χ3v) is 3.44. The molecule has 0 amide bonds. The molecule has 1 aromatic rings. The number of rotatable bonds is 9. The summed E-state index contributed by atoms with van der Waals surface area (Å²) in [4.78, 5) is 6.65. The second kappa shape index (κ2) is 9.05. The minimum atomic E-state index is 0.555. The number of likely N-dealkylation sites (N-methyl/N-ethyl adjacent to an activating group) is 1. The molecule has 108 valence electrons. The first-order valence-electron chi connectivity index (χ1n) is 7.53. The summed E-state index contributed by atoms with van der Waals surface area (Å²) in [5.74, 6) is 0. The first-order valence-corrected chi connectivity index (χ1v) is 7.53. The van der Waals surface area contributed by atoms with Crippen LogP contribution >= 0.6 is 0 Å². The zero-order chi connectivity index (χ0) is 14.1. The molecule has 0 aliphatic carbocycles. The first kappa shape index (κ1) is 16.1. The molecule has 0 aromatic carbocycles. The lowest BCUT2D eigenvalue weighted by Gasteiger charge is -2.31. The Bertz CT molecular complexity index is 324. The van der Waals surface area contributed by atoms with Crippen molar-refractivity contribution < 1.29 is 0 Å². The highest BCUT2D eigenvalue weighted by Gasteiger charge is 2.16. The molecule has 0 bridgehead atoms. The number of hydrogen-bond donors (Lipinski definition) is 1.